The SMILES string of the molecule is O=C(Nc1ccccc1)c1ccc2[nH]c(-c3ccc(C(=O)NC4C5C[C@H]6C[C@@H](C5)C[C@@H]4C6)cc3)nc2c1. The molecule has 0 spiro atoms. The molecule has 186 valence electrons. The zero-order chi connectivity index (χ0) is 24.9. The number of imidazole rings is 1. The summed E-state index contributed by atoms with van der Waals surface area (Å²) in [7, 11) is 0. The van der Waals surface area contributed by atoms with Crippen molar-refractivity contribution in [2.24, 2.45) is 23.7 Å². The molecule has 6 nitrogen and oxygen atoms in total. The Morgan fingerprint density at radius 2 is 1.43 bits per heavy atom. The molecule has 0 saturated heterocycles. The molecule has 0 unspecified atom stereocenters. The van der Waals surface area contributed by atoms with Crippen LogP contribution in [0.4, 0.5) is 5.69 Å². The summed E-state index contributed by atoms with van der Waals surface area (Å²) in [5.41, 5.74) is 4.47. The van der Waals surface area contributed by atoms with Gasteiger partial charge in [-0.2, -0.15) is 0 Å². The number of rotatable bonds is 5. The van der Waals surface area contributed by atoms with Gasteiger partial charge in [0.05, 0.1) is 11.0 Å². The molecule has 4 bridgehead atoms. The lowest BCUT2D eigenvalue weighted by molar-refractivity contribution is -0.0119. The Kier molecular flexibility index (Phi) is 5.34. The van der Waals surface area contributed by atoms with Crippen LogP contribution in [-0.4, -0.2) is 27.8 Å². The van der Waals surface area contributed by atoms with Gasteiger partial charge in [0.25, 0.3) is 11.8 Å². The Bertz CT molecular complexity index is 1450. The fourth-order valence-electron chi connectivity index (χ4n) is 7.18. The van der Waals surface area contributed by atoms with Crippen LogP contribution in [0.2, 0.25) is 0 Å². The molecule has 0 radical (unpaired) electrons. The van der Waals surface area contributed by atoms with Gasteiger partial charge in [-0.05, 0) is 98.2 Å². The summed E-state index contributed by atoms with van der Waals surface area (Å²) in [4.78, 5) is 33.8. The van der Waals surface area contributed by atoms with Gasteiger partial charge in [-0.3, -0.25) is 9.59 Å². The van der Waals surface area contributed by atoms with E-state index in [-0.39, 0.29) is 11.8 Å². The molecule has 3 aromatic carbocycles. The zero-order valence-electron chi connectivity index (χ0n) is 20.6. The van der Waals surface area contributed by atoms with Crippen LogP contribution in [0.25, 0.3) is 22.4 Å². The van der Waals surface area contributed by atoms with Crippen molar-refractivity contribution in [3.05, 3.63) is 83.9 Å². The van der Waals surface area contributed by atoms with Crippen molar-refractivity contribution in [3.8, 4) is 11.4 Å². The number of hydrogen-bond donors (Lipinski definition) is 3. The van der Waals surface area contributed by atoms with Gasteiger partial charge in [0.1, 0.15) is 5.82 Å². The largest absolute Gasteiger partial charge is 0.349 e. The number of aromatic amines is 1. The second kappa shape index (κ2) is 8.87. The minimum absolute atomic E-state index is 0.0303. The molecule has 3 N–H and O–H groups in total. The Hall–Kier alpha value is -3.93. The molecule has 0 aliphatic heterocycles. The first-order chi connectivity index (χ1) is 18.1. The topological polar surface area (TPSA) is 86.9 Å². The molecular weight excluding hydrogens is 460 g/mol. The van der Waals surface area contributed by atoms with E-state index in [4.69, 9.17) is 4.98 Å². The normalized spacial score (nSPS) is 25.8. The number of hydrogen-bond acceptors (Lipinski definition) is 3. The predicted molar refractivity (Wildman–Crippen MR) is 144 cm³/mol. The quantitative estimate of drug-likeness (QED) is 0.319. The van der Waals surface area contributed by atoms with Crippen LogP contribution in [-0.2, 0) is 0 Å². The number of amides is 2. The van der Waals surface area contributed by atoms with Gasteiger partial charge < -0.3 is 15.6 Å². The third-order valence-corrected chi connectivity index (χ3v) is 8.72. The van der Waals surface area contributed by atoms with E-state index < -0.39 is 0 Å². The third-order valence-electron chi connectivity index (χ3n) is 8.72. The highest BCUT2D eigenvalue weighted by atomic mass is 16.2. The van der Waals surface area contributed by atoms with Crippen LogP contribution in [0.5, 0.6) is 0 Å². The molecular formula is C31H30N4O2. The average molecular weight is 491 g/mol. The molecule has 37 heavy (non-hydrogen) atoms. The van der Waals surface area contributed by atoms with Crippen LogP contribution >= 0.6 is 0 Å². The minimum Gasteiger partial charge on any atom is -0.349 e. The first kappa shape index (κ1) is 22.3. The van der Waals surface area contributed by atoms with E-state index in [2.05, 4.69) is 15.6 Å². The highest BCUT2D eigenvalue weighted by Gasteiger charge is 2.48. The Balaban J connectivity index is 1.05. The van der Waals surface area contributed by atoms with E-state index in [1.807, 2.05) is 60.7 Å². The first-order valence-corrected chi connectivity index (χ1v) is 13.4. The molecule has 4 saturated carbocycles. The van der Waals surface area contributed by atoms with Crippen molar-refractivity contribution < 1.29 is 9.59 Å². The number of carbonyl (C=O) groups is 2. The van der Waals surface area contributed by atoms with Gasteiger partial charge in [0.2, 0.25) is 0 Å². The van der Waals surface area contributed by atoms with Crippen molar-refractivity contribution in [1.29, 1.82) is 0 Å². The summed E-state index contributed by atoms with van der Waals surface area (Å²) < 4.78 is 0. The van der Waals surface area contributed by atoms with Gasteiger partial charge in [-0.25, -0.2) is 4.98 Å². The second-order valence-electron chi connectivity index (χ2n) is 11.1. The van der Waals surface area contributed by atoms with E-state index in [9.17, 15) is 9.59 Å². The van der Waals surface area contributed by atoms with Crippen LogP contribution in [0.1, 0.15) is 52.8 Å². The molecule has 4 aliphatic carbocycles. The summed E-state index contributed by atoms with van der Waals surface area (Å²) in [6.07, 6.45) is 6.58. The number of nitrogens with one attached hydrogen (secondary N) is 3. The molecule has 6 heteroatoms. The predicted octanol–water partition coefficient (Wildman–Crippen LogP) is 6.04. The number of H-pyrrole nitrogens is 1. The summed E-state index contributed by atoms with van der Waals surface area (Å²) in [5, 5.41) is 6.30. The molecule has 8 rings (SSSR count). The van der Waals surface area contributed by atoms with Crippen LogP contribution < -0.4 is 10.6 Å². The van der Waals surface area contributed by atoms with Gasteiger partial charge in [0, 0.05) is 28.4 Å². The highest BCUT2D eigenvalue weighted by molar-refractivity contribution is 6.06. The van der Waals surface area contributed by atoms with Crippen molar-refractivity contribution in [1.82, 2.24) is 15.3 Å². The van der Waals surface area contributed by atoms with E-state index in [0.717, 1.165) is 34.1 Å². The fraction of sp³-hybridized carbons (Fsp3) is 0.323. The number of anilines is 1. The molecule has 1 aromatic heterocycles. The molecule has 2 amide bonds. The second-order valence-corrected chi connectivity index (χ2v) is 11.1. The maximum absolute atomic E-state index is 13.1. The lowest BCUT2D eigenvalue weighted by Gasteiger charge is -2.54. The average Bonchev–Trinajstić information content (AvgIpc) is 3.34. The van der Waals surface area contributed by atoms with E-state index >= 15 is 0 Å². The lowest BCUT2D eigenvalue weighted by Crippen LogP contribution is -2.55. The van der Waals surface area contributed by atoms with Crippen molar-refractivity contribution in [2.75, 3.05) is 5.32 Å². The summed E-state index contributed by atoms with van der Waals surface area (Å²) in [6.45, 7) is 0. The van der Waals surface area contributed by atoms with Crippen molar-refractivity contribution in [3.63, 3.8) is 0 Å². The monoisotopic (exact) mass is 490 g/mol. The summed E-state index contributed by atoms with van der Waals surface area (Å²) in [5.74, 6) is 3.68. The Labute approximate surface area is 215 Å². The maximum Gasteiger partial charge on any atom is 0.255 e. The van der Waals surface area contributed by atoms with E-state index in [0.29, 0.717) is 34.8 Å². The number of para-hydroxylation sites is 1. The molecule has 4 aromatic rings. The number of benzene rings is 3. The third kappa shape index (κ3) is 4.20. The standard InChI is InChI=1S/C31H30N4O2/c36-30(35-28-23-13-18-12-19(15-23)16-24(28)14-18)21-8-6-20(7-9-21)29-33-26-11-10-22(17-27(26)34-29)31(37)32-25-4-2-1-3-5-25/h1-11,17-19,23-24,28H,12-16H2,(H,32,37)(H,33,34)(H,35,36)/t18-,19+,23-,24?,28?. The highest BCUT2D eigenvalue weighted by Crippen LogP contribution is 2.53. The van der Waals surface area contributed by atoms with E-state index in [1.54, 1.807) is 12.1 Å². The number of nitrogens with zero attached hydrogens (tertiary/aromatic N) is 1. The van der Waals surface area contributed by atoms with Crippen molar-refractivity contribution >= 4 is 28.5 Å². The fourth-order valence-corrected chi connectivity index (χ4v) is 7.18. The van der Waals surface area contributed by atoms with Crippen LogP contribution in [0, 0.1) is 23.7 Å². The summed E-state index contributed by atoms with van der Waals surface area (Å²) >= 11 is 0. The van der Waals surface area contributed by atoms with Crippen LogP contribution in [0.3, 0.4) is 0 Å². The molecule has 4 aliphatic rings. The van der Waals surface area contributed by atoms with Crippen LogP contribution in [0.15, 0.2) is 72.8 Å². The smallest absolute Gasteiger partial charge is 0.255 e. The van der Waals surface area contributed by atoms with Gasteiger partial charge in [-0.1, -0.05) is 30.3 Å². The molecule has 0 atom stereocenters. The van der Waals surface area contributed by atoms with Gasteiger partial charge in [-0.15, -0.1) is 0 Å². The number of fused-ring (bicyclic) bond motifs is 1. The molecule has 4 fully saturated rings. The number of carbonyl (C=O) groups excluding carboxylic acids is 2. The minimum atomic E-state index is -0.174. The Morgan fingerprint density at radius 3 is 2.14 bits per heavy atom. The van der Waals surface area contributed by atoms with Crippen molar-refractivity contribution in [2.45, 2.75) is 38.1 Å². The van der Waals surface area contributed by atoms with E-state index in [1.165, 1.54) is 32.1 Å². The maximum atomic E-state index is 13.1. The van der Waals surface area contributed by atoms with Gasteiger partial charge in [0.15, 0.2) is 0 Å². The Morgan fingerprint density at radius 1 is 0.757 bits per heavy atom. The van der Waals surface area contributed by atoms with Gasteiger partial charge >= 0.3 is 0 Å². The summed E-state index contributed by atoms with van der Waals surface area (Å²) in [6, 6.07) is 22.8. The zero-order valence-corrected chi connectivity index (χ0v) is 20.6. The first-order valence-electron chi connectivity index (χ1n) is 13.4. The molecule has 1 heterocycles. The number of aromatic nitrogens is 2. The lowest BCUT2D eigenvalue weighted by atomic mass is 9.54.